The van der Waals surface area contributed by atoms with Crippen LogP contribution in [0.4, 0.5) is 0 Å². The number of amides is 1. The van der Waals surface area contributed by atoms with E-state index in [-0.39, 0.29) is 17.4 Å². The van der Waals surface area contributed by atoms with Gasteiger partial charge in [-0.3, -0.25) is 4.79 Å². The number of aromatic nitrogens is 1. The van der Waals surface area contributed by atoms with E-state index in [0.29, 0.717) is 25.6 Å². The van der Waals surface area contributed by atoms with Gasteiger partial charge in [0.15, 0.2) is 5.69 Å². The van der Waals surface area contributed by atoms with Gasteiger partial charge in [-0.15, -0.1) is 0 Å². The number of hydrogen-bond donors (Lipinski definition) is 1. The third kappa shape index (κ3) is 3.44. The molecular formula is C14H20N2O3. The molecule has 1 aliphatic rings. The van der Waals surface area contributed by atoms with Crippen LogP contribution in [0.15, 0.2) is 18.3 Å². The van der Waals surface area contributed by atoms with Crippen LogP contribution < -0.4 is 0 Å². The van der Waals surface area contributed by atoms with E-state index in [0.717, 1.165) is 19.4 Å². The van der Waals surface area contributed by atoms with Gasteiger partial charge in [0.05, 0.1) is 6.61 Å². The monoisotopic (exact) mass is 264 g/mol. The van der Waals surface area contributed by atoms with Gasteiger partial charge in [0.2, 0.25) is 0 Å². The second-order valence-electron chi connectivity index (χ2n) is 4.85. The molecule has 0 bridgehead atoms. The van der Waals surface area contributed by atoms with Crippen molar-refractivity contribution in [2.45, 2.75) is 19.8 Å². The molecule has 0 spiro atoms. The minimum atomic E-state index is -0.198. The fourth-order valence-electron chi connectivity index (χ4n) is 2.26. The van der Waals surface area contributed by atoms with Crippen molar-refractivity contribution in [3.05, 3.63) is 24.0 Å². The highest BCUT2D eigenvalue weighted by molar-refractivity contribution is 5.94. The fraction of sp³-hybridized carbons (Fsp3) is 0.571. The summed E-state index contributed by atoms with van der Waals surface area (Å²) in [6.45, 7) is 4.93. The summed E-state index contributed by atoms with van der Waals surface area (Å²) in [7, 11) is 0. The molecule has 2 rings (SSSR count). The molecule has 19 heavy (non-hydrogen) atoms. The maximum absolute atomic E-state index is 12.2. The Morgan fingerprint density at radius 3 is 3.21 bits per heavy atom. The Kier molecular flexibility index (Phi) is 4.74. The summed E-state index contributed by atoms with van der Waals surface area (Å²) in [6.07, 6.45) is 3.48. The van der Waals surface area contributed by atoms with E-state index in [1.165, 1.54) is 12.3 Å². The topological polar surface area (TPSA) is 62.7 Å². The third-order valence-electron chi connectivity index (χ3n) is 3.26. The molecule has 0 aromatic carbocycles. The molecule has 1 N–H and O–H groups in total. The first-order valence-corrected chi connectivity index (χ1v) is 6.73. The second kappa shape index (κ2) is 6.52. The maximum atomic E-state index is 12.2. The summed E-state index contributed by atoms with van der Waals surface area (Å²) >= 11 is 0. The molecule has 1 aromatic heterocycles. The van der Waals surface area contributed by atoms with Gasteiger partial charge >= 0.3 is 0 Å². The Balaban J connectivity index is 1.90. The van der Waals surface area contributed by atoms with Crippen LogP contribution >= 0.6 is 0 Å². The largest absolute Gasteiger partial charge is 0.505 e. The Hall–Kier alpha value is -1.62. The number of ether oxygens (including phenoxy) is 1. The van der Waals surface area contributed by atoms with E-state index in [2.05, 4.69) is 11.9 Å². The molecule has 0 aliphatic carbocycles. The summed E-state index contributed by atoms with van der Waals surface area (Å²) in [5.74, 6) is 0.135. The number of nitrogens with zero attached hydrogens (tertiary/aromatic N) is 2. The van der Waals surface area contributed by atoms with E-state index in [9.17, 15) is 9.90 Å². The number of likely N-dealkylation sites (tertiary alicyclic amines) is 1. The molecule has 5 nitrogen and oxygen atoms in total. The molecule has 1 amide bonds. The Labute approximate surface area is 113 Å². The molecule has 1 fully saturated rings. The van der Waals surface area contributed by atoms with Crippen molar-refractivity contribution >= 4 is 5.91 Å². The van der Waals surface area contributed by atoms with Gasteiger partial charge in [0, 0.05) is 31.8 Å². The first-order chi connectivity index (χ1) is 9.22. The van der Waals surface area contributed by atoms with E-state index in [1.54, 1.807) is 11.0 Å². The van der Waals surface area contributed by atoms with Crippen LogP contribution in [0.5, 0.6) is 5.75 Å². The van der Waals surface area contributed by atoms with E-state index < -0.39 is 0 Å². The van der Waals surface area contributed by atoms with Crippen LogP contribution in [0.25, 0.3) is 0 Å². The van der Waals surface area contributed by atoms with Crippen LogP contribution in [0, 0.1) is 5.92 Å². The summed E-state index contributed by atoms with van der Waals surface area (Å²) in [5, 5.41) is 9.65. The molecule has 1 saturated heterocycles. The molecule has 1 atom stereocenters. The minimum Gasteiger partial charge on any atom is -0.505 e. The Morgan fingerprint density at radius 2 is 2.47 bits per heavy atom. The number of aromatic hydroxyl groups is 1. The maximum Gasteiger partial charge on any atom is 0.276 e. The van der Waals surface area contributed by atoms with Crippen molar-refractivity contribution in [1.82, 2.24) is 9.88 Å². The van der Waals surface area contributed by atoms with Gasteiger partial charge < -0.3 is 14.7 Å². The fourth-order valence-corrected chi connectivity index (χ4v) is 2.26. The van der Waals surface area contributed by atoms with Gasteiger partial charge in [-0.2, -0.15) is 0 Å². The lowest BCUT2D eigenvalue weighted by atomic mass is 10.1. The average Bonchev–Trinajstić information content (AvgIpc) is 2.88. The summed E-state index contributed by atoms with van der Waals surface area (Å²) in [5.41, 5.74) is 0.137. The first kappa shape index (κ1) is 13.8. The zero-order valence-electron chi connectivity index (χ0n) is 11.2. The lowest BCUT2D eigenvalue weighted by Crippen LogP contribution is -2.30. The molecule has 1 aromatic rings. The molecule has 5 heteroatoms. The minimum absolute atomic E-state index is 0.0572. The van der Waals surface area contributed by atoms with E-state index in [4.69, 9.17) is 4.74 Å². The predicted octanol–water partition coefficient (Wildman–Crippen LogP) is 1.68. The number of carbonyl (C=O) groups is 1. The standard InChI is InChI=1S/C14H20N2O3/c1-2-8-19-10-11-5-7-16(9-11)14(18)13-12(17)4-3-6-15-13/h3-4,6,11,17H,2,5,7-10H2,1H3/t11-/m0/s1. The average molecular weight is 264 g/mol. The SMILES string of the molecule is CCCOC[C@H]1CCN(C(=O)c2ncccc2O)C1. The molecule has 104 valence electrons. The predicted molar refractivity (Wildman–Crippen MR) is 71.0 cm³/mol. The zero-order valence-corrected chi connectivity index (χ0v) is 11.2. The van der Waals surface area contributed by atoms with Gasteiger partial charge in [-0.1, -0.05) is 6.92 Å². The van der Waals surface area contributed by atoms with Crippen molar-refractivity contribution in [2.75, 3.05) is 26.3 Å². The highest BCUT2D eigenvalue weighted by Crippen LogP contribution is 2.21. The van der Waals surface area contributed by atoms with Crippen LogP contribution in [-0.2, 0) is 4.74 Å². The van der Waals surface area contributed by atoms with Crippen molar-refractivity contribution in [2.24, 2.45) is 5.92 Å². The number of hydrogen-bond acceptors (Lipinski definition) is 4. The molecule has 1 aliphatic heterocycles. The molecular weight excluding hydrogens is 244 g/mol. The molecule has 0 unspecified atom stereocenters. The summed E-state index contributed by atoms with van der Waals surface area (Å²) in [4.78, 5) is 17.9. The van der Waals surface area contributed by atoms with E-state index in [1.807, 2.05) is 0 Å². The third-order valence-corrected chi connectivity index (χ3v) is 3.26. The van der Waals surface area contributed by atoms with Crippen LogP contribution in [0.1, 0.15) is 30.3 Å². The highest BCUT2D eigenvalue weighted by Gasteiger charge is 2.28. The molecule has 0 saturated carbocycles. The van der Waals surface area contributed by atoms with Gasteiger partial charge in [0.25, 0.3) is 5.91 Å². The van der Waals surface area contributed by atoms with Crippen molar-refractivity contribution in [1.29, 1.82) is 0 Å². The lowest BCUT2D eigenvalue weighted by Gasteiger charge is -2.16. The van der Waals surface area contributed by atoms with Crippen LogP contribution in [-0.4, -0.2) is 47.2 Å². The second-order valence-corrected chi connectivity index (χ2v) is 4.85. The Bertz CT molecular complexity index is 436. The first-order valence-electron chi connectivity index (χ1n) is 6.73. The molecule has 2 heterocycles. The van der Waals surface area contributed by atoms with Crippen LogP contribution in [0.2, 0.25) is 0 Å². The van der Waals surface area contributed by atoms with Crippen LogP contribution in [0.3, 0.4) is 0 Å². The smallest absolute Gasteiger partial charge is 0.276 e. The quantitative estimate of drug-likeness (QED) is 0.822. The van der Waals surface area contributed by atoms with Gasteiger partial charge in [0.1, 0.15) is 5.75 Å². The van der Waals surface area contributed by atoms with Gasteiger partial charge in [-0.25, -0.2) is 4.98 Å². The number of pyridine rings is 1. The van der Waals surface area contributed by atoms with Crippen molar-refractivity contribution in [3.63, 3.8) is 0 Å². The lowest BCUT2D eigenvalue weighted by molar-refractivity contribution is 0.0746. The van der Waals surface area contributed by atoms with Crippen molar-refractivity contribution < 1.29 is 14.6 Å². The Morgan fingerprint density at radius 1 is 1.63 bits per heavy atom. The zero-order chi connectivity index (χ0) is 13.7. The van der Waals surface area contributed by atoms with E-state index >= 15 is 0 Å². The summed E-state index contributed by atoms with van der Waals surface area (Å²) < 4.78 is 5.52. The number of rotatable bonds is 5. The van der Waals surface area contributed by atoms with Gasteiger partial charge in [-0.05, 0) is 25.0 Å². The summed E-state index contributed by atoms with van der Waals surface area (Å²) in [6, 6.07) is 3.09. The van der Waals surface area contributed by atoms with Crippen molar-refractivity contribution in [3.8, 4) is 5.75 Å². The number of carbonyl (C=O) groups excluding carboxylic acids is 1. The normalized spacial score (nSPS) is 18.8. The highest BCUT2D eigenvalue weighted by atomic mass is 16.5. The molecule has 0 radical (unpaired) electrons.